The van der Waals surface area contributed by atoms with E-state index in [1.54, 1.807) is 0 Å². The molecule has 0 aliphatic rings. The molecule has 0 aliphatic carbocycles. The van der Waals surface area contributed by atoms with Gasteiger partial charge in [-0.25, -0.2) is 14.8 Å². The quantitative estimate of drug-likeness (QED) is 0.417. The molecule has 5 rings (SSSR count). The summed E-state index contributed by atoms with van der Waals surface area (Å²) in [6.45, 7) is 0. The van der Waals surface area contributed by atoms with Gasteiger partial charge >= 0.3 is 5.97 Å². The first-order valence-electron chi connectivity index (χ1n) is 10.3. The van der Waals surface area contributed by atoms with Crippen LogP contribution in [0.1, 0.15) is 5.56 Å². The number of aromatic amines is 1. The normalized spacial score (nSPS) is 12.8. The molecule has 2 heterocycles. The predicted octanol–water partition coefficient (Wildman–Crippen LogP) is 4.66. The highest BCUT2D eigenvalue weighted by Gasteiger charge is 2.21. The van der Waals surface area contributed by atoms with Gasteiger partial charge in [-0.15, -0.1) is 0 Å². The van der Waals surface area contributed by atoms with Crippen LogP contribution in [0.2, 0.25) is 0 Å². The number of hydrogen-bond acceptors (Lipinski definition) is 5. The van der Waals surface area contributed by atoms with Crippen molar-refractivity contribution < 1.29 is 13.9 Å². The highest BCUT2D eigenvalue weighted by Crippen LogP contribution is 2.21. The lowest BCUT2D eigenvalue weighted by Crippen LogP contribution is -2.26. The molecular weight excluding hydrogens is 402 g/mol. The van der Waals surface area contributed by atoms with E-state index in [1.807, 2.05) is 85.1 Å². The maximum Gasteiger partial charge on any atom is 0.331 e. The molecule has 2 aromatic heterocycles. The highest BCUT2D eigenvalue weighted by atomic mass is 16.5. The number of H-pyrrole nitrogens is 1. The van der Waals surface area contributed by atoms with Crippen LogP contribution in [0.4, 0.5) is 0 Å². The van der Waals surface area contributed by atoms with Crippen molar-refractivity contribution in [1.29, 1.82) is 0 Å². The van der Waals surface area contributed by atoms with E-state index >= 15 is 0 Å². The van der Waals surface area contributed by atoms with Crippen molar-refractivity contribution in [3.8, 4) is 11.5 Å². The van der Waals surface area contributed by atoms with E-state index in [9.17, 15) is 4.79 Å². The van der Waals surface area contributed by atoms with Crippen LogP contribution in [0, 0.1) is 0 Å². The van der Waals surface area contributed by atoms with E-state index in [-0.39, 0.29) is 0 Å². The van der Waals surface area contributed by atoms with Gasteiger partial charge in [0.25, 0.3) is 0 Å². The average Bonchev–Trinajstić information content (AvgIpc) is 3.26. The Kier molecular flexibility index (Phi) is 5.25. The Bertz CT molecular complexity index is 1470. The van der Waals surface area contributed by atoms with Gasteiger partial charge < -0.3 is 14.1 Å². The first-order valence-corrected chi connectivity index (χ1v) is 10.3. The van der Waals surface area contributed by atoms with Gasteiger partial charge in [0.1, 0.15) is 0 Å². The Balaban J connectivity index is 1.66. The summed E-state index contributed by atoms with van der Waals surface area (Å²) in [4.78, 5) is 25.3. The average molecular weight is 423 g/mol. The van der Waals surface area contributed by atoms with E-state index in [0.29, 0.717) is 17.9 Å². The van der Waals surface area contributed by atoms with Gasteiger partial charge in [-0.3, -0.25) is 0 Å². The molecule has 0 saturated heterocycles. The number of methoxy groups -OCH3 is 1. The van der Waals surface area contributed by atoms with Crippen molar-refractivity contribution in [2.75, 3.05) is 7.11 Å². The number of benzene rings is 3. The Morgan fingerprint density at radius 2 is 1.72 bits per heavy atom. The van der Waals surface area contributed by atoms with Gasteiger partial charge in [0.05, 0.1) is 18.0 Å². The van der Waals surface area contributed by atoms with Gasteiger partial charge in [0.2, 0.25) is 11.4 Å². The molecule has 6 nitrogen and oxygen atoms in total. The fraction of sp³-hybridized carbons (Fsp3) is 0.115. The van der Waals surface area contributed by atoms with E-state index in [0.717, 1.165) is 32.9 Å². The SMILES string of the molecule is COC(=O)[C@H](Cc1c[nH]c2ccccc12)N=c1oc(-c2ccccc2)nc2ccccc12. The molecule has 0 unspecified atom stereocenters. The van der Waals surface area contributed by atoms with E-state index in [1.165, 1.54) is 7.11 Å². The van der Waals surface area contributed by atoms with Gasteiger partial charge in [-0.2, -0.15) is 0 Å². The van der Waals surface area contributed by atoms with Crippen molar-refractivity contribution in [3.05, 3.63) is 96.2 Å². The van der Waals surface area contributed by atoms with E-state index in [2.05, 4.69) is 9.97 Å². The first kappa shape index (κ1) is 19.8. The maximum absolute atomic E-state index is 12.7. The fourth-order valence-electron chi connectivity index (χ4n) is 3.80. The smallest absolute Gasteiger partial charge is 0.331 e. The number of fused-ring (bicyclic) bond motifs is 2. The monoisotopic (exact) mass is 423 g/mol. The van der Waals surface area contributed by atoms with Crippen molar-refractivity contribution in [2.45, 2.75) is 12.5 Å². The van der Waals surface area contributed by atoms with Gasteiger partial charge in [0.15, 0.2) is 6.04 Å². The molecule has 0 saturated carbocycles. The number of hydrogen-bond donors (Lipinski definition) is 1. The van der Waals surface area contributed by atoms with Gasteiger partial charge in [-0.1, -0.05) is 48.5 Å². The number of carbonyl (C=O) groups excluding carboxylic acids is 1. The molecule has 0 aliphatic heterocycles. The van der Waals surface area contributed by atoms with Crippen LogP contribution < -0.4 is 5.55 Å². The zero-order valence-electron chi connectivity index (χ0n) is 17.5. The lowest BCUT2D eigenvalue weighted by molar-refractivity contribution is -0.142. The third-order valence-electron chi connectivity index (χ3n) is 5.41. The predicted molar refractivity (Wildman–Crippen MR) is 123 cm³/mol. The van der Waals surface area contributed by atoms with Crippen LogP contribution in [0.3, 0.4) is 0 Å². The second kappa shape index (κ2) is 8.51. The number of esters is 1. The number of nitrogens with one attached hydrogen (secondary N) is 1. The minimum absolute atomic E-state index is 0.352. The summed E-state index contributed by atoms with van der Waals surface area (Å²) in [7, 11) is 1.37. The van der Waals surface area contributed by atoms with Crippen LogP contribution in [0.25, 0.3) is 33.3 Å². The van der Waals surface area contributed by atoms with Crippen LogP contribution >= 0.6 is 0 Å². The van der Waals surface area contributed by atoms with Crippen LogP contribution in [-0.4, -0.2) is 29.1 Å². The summed E-state index contributed by atoms with van der Waals surface area (Å²) in [5.41, 5.74) is 3.93. The molecule has 3 aromatic carbocycles. The Morgan fingerprint density at radius 1 is 1.00 bits per heavy atom. The largest absolute Gasteiger partial charge is 0.467 e. The molecule has 0 amide bonds. The molecule has 158 valence electrons. The lowest BCUT2D eigenvalue weighted by atomic mass is 10.1. The third-order valence-corrected chi connectivity index (χ3v) is 5.41. The highest BCUT2D eigenvalue weighted by molar-refractivity contribution is 5.85. The van der Waals surface area contributed by atoms with E-state index < -0.39 is 12.0 Å². The van der Waals surface area contributed by atoms with Crippen LogP contribution in [0.5, 0.6) is 0 Å². The van der Waals surface area contributed by atoms with Gasteiger partial charge in [-0.05, 0) is 35.9 Å². The summed E-state index contributed by atoms with van der Waals surface area (Å²) in [5, 5.41) is 1.79. The number of ether oxygens (including phenoxy) is 1. The molecule has 5 aromatic rings. The molecule has 0 spiro atoms. The molecule has 6 heteroatoms. The second-order valence-electron chi connectivity index (χ2n) is 7.44. The fourth-order valence-corrected chi connectivity index (χ4v) is 3.80. The zero-order valence-corrected chi connectivity index (χ0v) is 17.5. The summed E-state index contributed by atoms with van der Waals surface area (Å²) in [6, 6.07) is 24.4. The number of aromatic nitrogens is 2. The minimum Gasteiger partial charge on any atom is -0.467 e. The lowest BCUT2D eigenvalue weighted by Gasteiger charge is -2.10. The number of nitrogens with zero attached hydrogens (tertiary/aromatic N) is 2. The molecule has 0 fully saturated rings. The summed E-state index contributed by atoms with van der Waals surface area (Å²) in [6.07, 6.45) is 2.29. The molecule has 0 bridgehead atoms. The summed E-state index contributed by atoms with van der Waals surface area (Å²) in [5.74, 6) is 0.0198. The maximum atomic E-state index is 12.7. The number of carbonyl (C=O) groups is 1. The summed E-state index contributed by atoms with van der Waals surface area (Å²) < 4.78 is 11.2. The van der Waals surface area contributed by atoms with Crippen LogP contribution in [-0.2, 0) is 16.0 Å². The van der Waals surface area contributed by atoms with Crippen molar-refractivity contribution in [2.24, 2.45) is 4.99 Å². The number of para-hydroxylation sites is 2. The molecular formula is C26H21N3O3. The van der Waals surface area contributed by atoms with E-state index in [4.69, 9.17) is 14.1 Å². The van der Waals surface area contributed by atoms with Crippen molar-refractivity contribution >= 4 is 27.8 Å². The van der Waals surface area contributed by atoms with Crippen molar-refractivity contribution in [1.82, 2.24) is 9.97 Å². The second-order valence-corrected chi connectivity index (χ2v) is 7.44. The molecule has 0 radical (unpaired) electrons. The Labute approximate surface area is 184 Å². The zero-order chi connectivity index (χ0) is 21.9. The summed E-state index contributed by atoms with van der Waals surface area (Å²) >= 11 is 0. The van der Waals surface area contributed by atoms with Crippen molar-refractivity contribution in [3.63, 3.8) is 0 Å². The topological polar surface area (TPSA) is 80.5 Å². The minimum atomic E-state index is -0.766. The van der Waals surface area contributed by atoms with Crippen LogP contribution in [0.15, 0.2) is 94.5 Å². The standard InChI is InChI=1S/C26H21N3O3/c1-31-26(30)23(15-18-16-27-21-13-7-5-11-19(18)21)29-25-20-12-6-8-14-22(20)28-24(32-25)17-9-3-2-4-10-17/h2-14,16,23,27H,15H2,1H3/t23-/m0/s1. The Morgan fingerprint density at radius 3 is 2.53 bits per heavy atom. The van der Waals surface area contributed by atoms with Gasteiger partial charge in [0, 0.05) is 29.1 Å². The Hall–Kier alpha value is -4.19. The number of rotatable bonds is 5. The molecule has 1 atom stereocenters. The molecule has 32 heavy (non-hydrogen) atoms. The first-order chi connectivity index (χ1) is 15.7. The third kappa shape index (κ3) is 3.78. The molecule has 1 N–H and O–H groups in total.